The van der Waals surface area contributed by atoms with Gasteiger partial charge in [0.05, 0.1) is 23.3 Å². The van der Waals surface area contributed by atoms with Gasteiger partial charge in [0.1, 0.15) is 11.5 Å². The summed E-state index contributed by atoms with van der Waals surface area (Å²) < 4.78 is 13.7. The molecule has 12 heteroatoms. The fraction of sp³-hybridized carbons (Fsp3) is 0.226. The number of likely N-dealkylation sites (tertiary alicyclic amines) is 1. The third-order valence-electron chi connectivity index (χ3n) is 7.44. The van der Waals surface area contributed by atoms with Crippen LogP contribution in [0.2, 0.25) is 5.02 Å². The van der Waals surface area contributed by atoms with Crippen LogP contribution in [0.3, 0.4) is 0 Å². The molecular weight excluding hydrogens is 574 g/mol. The third-order valence-corrected chi connectivity index (χ3v) is 7.68. The highest BCUT2D eigenvalue weighted by Crippen LogP contribution is 2.31. The Kier molecular flexibility index (Phi) is 7.96. The van der Waals surface area contributed by atoms with E-state index in [1.54, 1.807) is 67.0 Å². The first kappa shape index (κ1) is 28.6. The number of ether oxygens (including phenoxy) is 2. The molecule has 1 amide bonds. The Balaban J connectivity index is 1.28. The average molecular weight is 602 g/mol. The van der Waals surface area contributed by atoms with E-state index in [4.69, 9.17) is 26.8 Å². The quantitative estimate of drug-likeness (QED) is 0.204. The van der Waals surface area contributed by atoms with E-state index in [9.17, 15) is 19.8 Å². The number of primary amides is 1. The molecule has 1 aliphatic heterocycles. The number of hydrogen-bond donors (Lipinski definition) is 3. The molecule has 43 heavy (non-hydrogen) atoms. The highest BCUT2D eigenvalue weighted by molar-refractivity contribution is 6.31. The zero-order valence-electron chi connectivity index (χ0n) is 22.9. The van der Waals surface area contributed by atoms with E-state index in [-0.39, 0.29) is 23.7 Å². The summed E-state index contributed by atoms with van der Waals surface area (Å²) >= 11 is 6.10. The Labute approximate surface area is 251 Å². The number of ketones is 1. The van der Waals surface area contributed by atoms with Crippen molar-refractivity contribution in [2.75, 3.05) is 26.2 Å². The number of benzene rings is 3. The number of nitrogens with zero attached hydrogens (tertiary/aromatic N) is 4. The van der Waals surface area contributed by atoms with Crippen LogP contribution >= 0.6 is 11.6 Å². The highest BCUT2D eigenvalue weighted by atomic mass is 35.5. The molecule has 2 atom stereocenters. The van der Waals surface area contributed by atoms with Crippen molar-refractivity contribution in [2.24, 2.45) is 5.73 Å². The first-order valence-corrected chi connectivity index (χ1v) is 14.0. The number of hydrogen-bond acceptors (Lipinski definition) is 9. The standard InChI is InChI=1S/C31H28ClN5O6/c32-20-4-3-18-12-29(23(31(33)41)11-19(18)10-20)42-17-28(40)24-14-37(9-8-36-15-26(38)27(39)16-36)25-13-21(5-6-22(24)25)43-30-2-1-7-34-35-30/h1-7,10-14,26-27,38-39H,8-9,15-17H2,(H2,33,41)/t26-,27-/m1/s1. The Hall–Kier alpha value is -4.55. The van der Waals surface area contributed by atoms with Crippen molar-refractivity contribution in [3.05, 3.63) is 89.2 Å². The van der Waals surface area contributed by atoms with Gasteiger partial charge in [-0.3, -0.25) is 14.5 Å². The molecule has 0 spiro atoms. The molecule has 0 radical (unpaired) electrons. The molecule has 6 rings (SSSR count). The molecule has 0 bridgehead atoms. The number of Topliss-reactive ketones (excluding diaryl/α,β-unsaturated/α-hetero) is 1. The summed E-state index contributed by atoms with van der Waals surface area (Å²) in [5.41, 5.74) is 6.93. The summed E-state index contributed by atoms with van der Waals surface area (Å²) in [6.45, 7) is 1.42. The molecule has 4 N–H and O–H groups in total. The van der Waals surface area contributed by atoms with Crippen LogP contribution in [0.25, 0.3) is 21.7 Å². The van der Waals surface area contributed by atoms with E-state index >= 15 is 0 Å². The maximum atomic E-state index is 13.6. The topological polar surface area (TPSA) is 153 Å². The lowest BCUT2D eigenvalue weighted by molar-refractivity contribution is 0.0572. The van der Waals surface area contributed by atoms with Crippen molar-refractivity contribution in [3.8, 4) is 17.4 Å². The molecule has 220 valence electrons. The van der Waals surface area contributed by atoms with Crippen molar-refractivity contribution < 1.29 is 29.3 Å². The van der Waals surface area contributed by atoms with Gasteiger partial charge in [-0.2, -0.15) is 5.10 Å². The van der Waals surface area contributed by atoms with Crippen LogP contribution in [0.5, 0.6) is 17.4 Å². The predicted octanol–water partition coefficient (Wildman–Crippen LogP) is 3.43. The first-order chi connectivity index (χ1) is 20.7. The Morgan fingerprint density at radius 1 is 0.977 bits per heavy atom. The molecule has 1 fully saturated rings. The number of aliphatic hydroxyl groups is 2. The van der Waals surface area contributed by atoms with Gasteiger partial charge in [0, 0.05) is 66.7 Å². The van der Waals surface area contributed by atoms with E-state index < -0.39 is 18.1 Å². The van der Waals surface area contributed by atoms with Gasteiger partial charge < -0.3 is 30.0 Å². The summed E-state index contributed by atoms with van der Waals surface area (Å²) in [6, 6.07) is 17.3. The average Bonchev–Trinajstić information content (AvgIpc) is 3.52. The van der Waals surface area contributed by atoms with E-state index in [0.717, 1.165) is 16.3 Å². The Morgan fingerprint density at radius 2 is 1.79 bits per heavy atom. The number of aliphatic hydroxyl groups excluding tert-OH is 2. The monoisotopic (exact) mass is 601 g/mol. The van der Waals surface area contributed by atoms with E-state index in [2.05, 4.69) is 10.2 Å². The van der Waals surface area contributed by atoms with Crippen LogP contribution in [0.1, 0.15) is 20.7 Å². The summed E-state index contributed by atoms with van der Waals surface area (Å²) in [5, 5.41) is 30.4. The number of amides is 1. The van der Waals surface area contributed by atoms with Crippen LogP contribution in [0.15, 0.2) is 73.1 Å². The minimum atomic E-state index is -0.792. The van der Waals surface area contributed by atoms with Crippen molar-refractivity contribution in [2.45, 2.75) is 18.8 Å². The number of rotatable bonds is 10. The van der Waals surface area contributed by atoms with Gasteiger partial charge in [-0.15, -0.1) is 5.10 Å². The van der Waals surface area contributed by atoms with Gasteiger partial charge in [0.15, 0.2) is 6.61 Å². The number of halogens is 1. The zero-order chi connectivity index (χ0) is 30.1. The SMILES string of the molecule is NC(=O)c1cc2cc(Cl)ccc2cc1OCC(=O)c1cn(CCN2C[C@@H](O)[C@H](O)C2)c2cc(Oc3cccnn3)ccc12. The number of carbonyl (C=O) groups excluding carboxylic acids is 2. The maximum Gasteiger partial charge on any atom is 0.252 e. The number of β-amino-alcohol motifs (C(OH)–C–C–N with tert-alkyl or cyclic N) is 2. The molecular formula is C31H28ClN5O6. The molecule has 11 nitrogen and oxygen atoms in total. The zero-order valence-corrected chi connectivity index (χ0v) is 23.6. The predicted molar refractivity (Wildman–Crippen MR) is 160 cm³/mol. The van der Waals surface area contributed by atoms with Gasteiger partial charge in [0.25, 0.3) is 5.91 Å². The van der Waals surface area contributed by atoms with Crippen molar-refractivity contribution in [1.29, 1.82) is 0 Å². The normalized spacial score (nSPS) is 17.0. The maximum absolute atomic E-state index is 13.6. The number of carbonyl (C=O) groups is 2. The number of nitrogens with two attached hydrogens (primary N) is 1. The molecule has 0 aliphatic carbocycles. The fourth-order valence-electron chi connectivity index (χ4n) is 5.26. The first-order valence-electron chi connectivity index (χ1n) is 13.6. The second-order valence-corrected chi connectivity index (χ2v) is 10.8. The van der Waals surface area contributed by atoms with Gasteiger partial charge in [0.2, 0.25) is 11.7 Å². The lowest BCUT2D eigenvalue weighted by Gasteiger charge is -2.15. The lowest BCUT2D eigenvalue weighted by Crippen LogP contribution is -2.26. The summed E-state index contributed by atoms with van der Waals surface area (Å²) in [7, 11) is 0. The highest BCUT2D eigenvalue weighted by Gasteiger charge is 2.29. The van der Waals surface area contributed by atoms with Crippen LogP contribution in [-0.4, -0.2) is 80.0 Å². The molecule has 3 heterocycles. The van der Waals surface area contributed by atoms with E-state index in [1.807, 2.05) is 15.5 Å². The van der Waals surface area contributed by atoms with Crippen LogP contribution in [0, 0.1) is 0 Å². The summed E-state index contributed by atoms with van der Waals surface area (Å²) in [4.78, 5) is 27.7. The lowest BCUT2D eigenvalue weighted by atomic mass is 10.1. The minimum absolute atomic E-state index is 0.144. The summed E-state index contributed by atoms with van der Waals surface area (Å²) in [5.74, 6) is 0.0495. The fourth-order valence-corrected chi connectivity index (χ4v) is 5.44. The largest absolute Gasteiger partial charge is 0.485 e. The van der Waals surface area contributed by atoms with Gasteiger partial charge in [-0.25, -0.2) is 0 Å². The van der Waals surface area contributed by atoms with E-state index in [0.29, 0.717) is 53.8 Å². The molecule has 2 aromatic heterocycles. The van der Waals surface area contributed by atoms with Gasteiger partial charge in [-0.05, 0) is 53.2 Å². The molecule has 3 aromatic carbocycles. The Bertz CT molecular complexity index is 1820. The minimum Gasteiger partial charge on any atom is -0.485 e. The molecule has 1 aliphatic rings. The summed E-state index contributed by atoms with van der Waals surface area (Å²) in [6.07, 6.45) is 1.72. The van der Waals surface area contributed by atoms with E-state index in [1.165, 1.54) is 0 Å². The van der Waals surface area contributed by atoms with Crippen LogP contribution in [0.4, 0.5) is 0 Å². The second-order valence-electron chi connectivity index (χ2n) is 10.4. The van der Waals surface area contributed by atoms with Crippen LogP contribution < -0.4 is 15.2 Å². The van der Waals surface area contributed by atoms with Gasteiger partial charge >= 0.3 is 0 Å². The number of fused-ring (bicyclic) bond motifs is 2. The third kappa shape index (κ3) is 6.15. The van der Waals surface area contributed by atoms with Crippen LogP contribution in [-0.2, 0) is 6.54 Å². The van der Waals surface area contributed by atoms with Crippen molar-refractivity contribution >= 4 is 45.0 Å². The molecule has 1 saturated heterocycles. The smallest absolute Gasteiger partial charge is 0.252 e. The van der Waals surface area contributed by atoms with Gasteiger partial charge in [-0.1, -0.05) is 17.7 Å². The molecule has 0 unspecified atom stereocenters. The molecule has 0 saturated carbocycles. The Morgan fingerprint density at radius 3 is 2.53 bits per heavy atom. The number of aromatic nitrogens is 3. The second kappa shape index (κ2) is 12.0. The van der Waals surface area contributed by atoms with Crippen molar-refractivity contribution in [1.82, 2.24) is 19.7 Å². The van der Waals surface area contributed by atoms with Crippen molar-refractivity contribution in [3.63, 3.8) is 0 Å². The molecule has 5 aromatic rings.